The Hall–Kier alpha value is -1.33. The summed E-state index contributed by atoms with van der Waals surface area (Å²) in [5.41, 5.74) is 6.95. The van der Waals surface area contributed by atoms with E-state index in [0.29, 0.717) is 33.6 Å². The molecular formula is C12H14N2O2S. The molecule has 17 heavy (non-hydrogen) atoms. The molecule has 1 heterocycles. The zero-order valence-electron chi connectivity index (χ0n) is 9.31. The van der Waals surface area contributed by atoms with Crippen molar-refractivity contribution in [2.24, 2.45) is 0 Å². The van der Waals surface area contributed by atoms with E-state index in [9.17, 15) is 8.42 Å². The molecule has 0 amide bonds. The summed E-state index contributed by atoms with van der Waals surface area (Å²) in [5, 5.41) is 3.22. The highest BCUT2D eigenvalue weighted by Crippen LogP contribution is 2.35. The highest BCUT2D eigenvalue weighted by molar-refractivity contribution is 7.95. The zero-order chi connectivity index (χ0) is 12.0. The van der Waals surface area contributed by atoms with Gasteiger partial charge in [0.25, 0.3) is 0 Å². The number of anilines is 1. The first-order valence-corrected chi connectivity index (χ1v) is 7.15. The molecule has 2 aliphatic rings. The SMILES string of the molecule is Nc1cccc2c1C=C(CNC1CC1)S2(=O)=O. The minimum absolute atomic E-state index is 0.338. The summed E-state index contributed by atoms with van der Waals surface area (Å²) in [7, 11) is -3.32. The number of hydrogen-bond donors (Lipinski definition) is 2. The van der Waals surface area contributed by atoms with E-state index in [-0.39, 0.29) is 0 Å². The van der Waals surface area contributed by atoms with E-state index in [2.05, 4.69) is 5.32 Å². The lowest BCUT2D eigenvalue weighted by Crippen LogP contribution is -2.21. The number of sulfone groups is 1. The summed E-state index contributed by atoms with van der Waals surface area (Å²) in [6.07, 6.45) is 3.97. The summed E-state index contributed by atoms with van der Waals surface area (Å²) >= 11 is 0. The van der Waals surface area contributed by atoms with Crippen LogP contribution in [-0.2, 0) is 9.84 Å². The summed E-state index contributed by atoms with van der Waals surface area (Å²) in [4.78, 5) is 0.766. The number of rotatable bonds is 3. The number of fused-ring (bicyclic) bond motifs is 1. The van der Waals surface area contributed by atoms with E-state index in [4.69, 9.17) is 5.73 Å². The van der Waals surface area contributed by atoms with Crippen LogP contribution >= 0.6 is 0 Å². The van der Waals surface area contributed by atoms with Gasteiger partial charge in [0.2, 0.25) is 9.84 Å². The van der Waals surface area contributed by atoms with Crippen LogP contribution in [0.1, 0.15) is 18.4 Å². The largest absolute Gasteiger partial charge is 0.398 e. The average Bonchev–Trinajstić information content (AvgIpc) is 3.05. The molecule has 1 saturated carbocycles. The quantitative estimate of drug-likeness (QED) is 0.789. The van der Waals surface area contributed by atoms with Gasteiger partial charge >= 0.3 is 0 Å². The van der Waals surface area contributed by atoms with Gasteiger partial charge in [-0.2, -0.15) is 0 Å². The van der Waals surface area contributed by atoms with Gasteiger partial charge in [0.15, 0.2) is 0 Å². The summed E-state index contributed by atoms with van der Waals surface area (Å²) in [6, 6.07) is 5.51. The van der Waals surface area contributed by atoms with Crippen LogP contribution < -0.4 is 11.1 Å². The van der Waals surface area contributed by atoms with Gasteiger partial charge in [-0.3, -0.25) is 0 Å². The van der Waals surface area contributed by atoms with Crippen LogP contribution in [0.4, 0.5) is 5.69 Å². The van der Waals surface area contributed by atoms with Gasteiger partial charge in [-0.05, 0) is 31.1 Å². The topological polar surface area (TPSA) is 72.2 Å². The summed E-state index contributed by atoms with van der Waals surface area (Å²) in [5.74, 6) is 0. The van der Waals surface area contributed by atoms with E-state index in [1.807, 2.05) is 0 Å². The minimum atomic E-state index is -3.32. The number of nitrogen functional groups attached to an aromatic ring is 1. The molecule has 4 nitrogen and oxygen atoms in total. The van der Waals surface area contributed by atoms with Gasteiger partial charge in [0.1, 0.15) is 0 Å². The van der Waals surface area contributed by atoms with Crippen LogP contribution in [-0.4, -0.2) is 21.0 Å². The number of nitrogens with one attached hydrogen (secondary N) is 1. The molecule has 3 N–H and O–H groups in total. The van der Waals surface area contributed by atoms with E-state index >= 15 is 0 Å². The maximum absolute atomic E-state index is 12.2. The molecule has 0 saturated heterocycles. The second-order valence-electron chi connectivity index (χ2n) is 4.53. The second-order valence-corrected chi connectivity index (χ2v) is 6.50. The second kappa shape index (κ2) is 3.58. The Kier molecular flexibility index (Phi) is 2.27. The minimum Gasteiger partial charge on any atom is -0.398 e. The molecule has 1 aromatic rings. The highest BCUT2D eigenvalue weighted by atomic mass is 32.2. The maximum Gasteiger partial charge on any atom is 0.204 e. The Bertz CT molecular complexity index is 601. The third-order valence-corrected chi connectivity index (χ3v) is 5.07. The number of benzene rings is 1. The Balaban J connectivity index is 1.97. The normalized spacial score (nSPS) is 21.1. The maximum atomic E-state index is 12.2. The third-order valence-electron chi connectivity index (χ3n) is 3.18. The first-order valence-electron chi connectivity index (χ1n) is 5.66. The van der Waals surface area contributed by atoms with Crippen molar-refractivity contribution in [2.45, 2.75) is 23.8 Å². The van der Waals surface area contributed by atoms with Gasteiger partial charge in [0.05, 0.1) is 9.80 Å². The predicted octanol–water partition coefficient (Wildman–Crippen LogP) is 1.15. The standard InChI is InChI=1S/C12H14N2O2S/c13-11-2-1-3-12-10(11)6-9(17(12,15)16)7-14-8-4-5-8/h1-3,6,8,14H,4-5,7,13H2. The van der Waals surface area contributed by atoms with Gasteiger partial charge in [-0.15, -0.1) is 0 Å². The van der Waals surface area contributed by atoms with E-state index in [1.54, 1.807) is 24.3 Å². The van der Waals surface area contributed by atoms with Crippen molar-refractivity contribution in [3.8, 4) is 0 Å². The molecule has 1 aromatic carbocycles. The first-order chi connectivity index (χ1) is 8.09. The van der Waals surface area contributed by atoms with Crippen LogP contribution in [0, 0.1) is 0 Å². The molecule has 0 radical (unpaired) electrons. The summed E-state index contributed by atoms with van der Waals surface area (Å²) < 4.78 is 24.4. The van der Waals surface area contributed by atoms with Crippen molar-refractivity contribution in [2.75, 3.05) is 12.3 Å². The molecule has 0 unspecified atom stereocenters. The zero-order valence-corrected chi connectivity index (χ0v) is 10.1. The molecule has 0 spiro atoms. The fourth-order valence-electron chi connectivity index (χ4n) is 2.01. The fourth-order valence-corrected chi connectivity index (χ4v) is 3.56. The molecule has 3 rings (SSSR count). The lowest BCUT2D eigenvalue weighted by atomic mass is 10.1. The number of nitrogens with two attached hydrogens (primary N) is 1. The Morgan fingerprint density at radius 3 is 2.76 bits per heavy atom. The Morgan fingerprint density at radius 1 is 1.35 bits per heavy atom. The molecule has 90 valence electrons. The van der Waals surface area contributed by atoms with Crippen molar-refractivity contribution < 1.29 is 8.42 Å². The molecule has 1 fully saturated rings. The Morgan fingerprint density at radius 2 is 2.12 bits per heavy atom. The fraction of sp³-hybridized carbons (Fsp3) is 0.333. The van der Waals surface area contributed by atoms with Crippen LogP contribution in [0.15, 0.2) is 28.0 Å². The van der Waals surface area contributed by atoms with Gasteiger partial charge in [-0.25, -0.2) is 8.42 Å². The molecule has 1 aliphatic heterocycles. The molecule has 0 aromatic heterocycles. The lowest BCUT2D eigenvalue weighted by molar-refractivity contribution is 0.600. The van der Waals surface area contributed by atoms with Crippen LogP contribution in [0.5, 0.6) is 0 Å². The van der Waals surface area contributed by atoms with Gasteiger partial charge in [0, 0.05) is 23.8 Å². The van der Waals surface area contributed by atoms with Crippen LogP contribution in [0.25, 0.3) is 6.08 Å². The third kappa shape index (κ3) is 1.75. The molecule has 1 aliphatic carbocycles. The van der Waals surface area contributed by atoms with Crippen molar-refractivity contribution in [3.05, 3.63) is 28.7 Å². The van der Waals surface area contributed by atoms with E-state index in [0.717, 1.165) is 12.8 Å². The van der Waals surface area contributed by atoms with Gasteiger partial charge in [-0.1, -0.05) is 6.07 Å². The molecule has 0 bridgehead atoms. The van der Waals surface area contributed by atoms with Crippen LogP contribution in [0.3, 0.4) is 0 Å². The smallest absolute Gasteiger partial charge is 0.204 e. The van der Waals surface area contributed by atoms with Gasteiger partial charge < -0.3 is 11.1 Å². The van der Waals surface area contributed by atoms with Crippen molar-refractivity contribution in [1.29, 1.82) is 0 Å². The van der Waals surface area contributed by atoms with Crippen molar-refractivity contribution in [3.63, 3.8) is 0 Å². The Labute approximate surface area is 100 Å². The number of hydrogen-bond acceptors (Lipinski definition) is 4. The van der Waals surface area contributed by atoms with Crippen molar-refractivity contribution >= 4 is 21.6 Å². The van der Waals surface area contributed by atoms with Crippen LogP contribution in [0.2, 0.25) is 0 Å². The monoisotopic (exact) mass is 250 g/mol. The first kappa shape index (κ1) is 10.8. The molecular weight excluding hydrogens is 236 g/mol. The average molecular weight is 250 g/mol. The van der Waals surface area contributed by atoms with E-state index in [1.165, 1.54) is 0 Å². The molecule has 0 atom stereocenters. The summed E-state index contributed by atoms with van der Waals surface area (Å²) in [6.45, 7) is 0.404. The predicted molar refractivity (Wildman–Crippen MR) is 67.0 cm³/mol. The van der Waals surface area contributed by atoms with Crippen molar-refractivity contribution in [1.82, 2.24) is 5.32 Å². The lowest BCUT2D eigenvalue weighted by Gasteiger charge is -2.04. The van der Waals surface area contributed by atoms with E-state index < -0.39 is 9.84 Å². The highest BCUT2D eigenvalue weighted by Gasteiger charge is 2.31. The molecule has 5 heteroatoms.